The molecule has 0 spiro atoms. The van der Waals surface area contributed by atoms with E-state index in [1.165, 1.54) is 6.92 Å². The van der Waals surface area contributed by atoms with Gasteiger partial charge >= 0.3 is 5.97 Å². The van der Waals surface area contributed by atoms with Crippen LogP contribution in [0, 0.1) is 0 Å². The van der Waals surface area contributed by atoms with Crippen molar-refractivity contribution in [3.05, 3.63) is 0 Å². The number of hydrogen-bond donors (Lipinski definition) is 3. The topological polar surface area (TPSA) is 78.4 Å². The Kier molecular flexibility index (Phi) is 3.25. The molecule has 0 radical (unpaired) electrons. The van der Waals surface area contributed by atoms with Crippen LogP contribution in [0.3, 0.4) is 0 Å². The van der Waals surface area contributed by atoms with Crippen LogP contribution < -0.4 is 10.6 Å². The standard InChI is InChI=1S/C8H14N2O3/c1-5(8(12)13)10-7(11)6-3-2-4-9-6/h5-6,9H,2-4H2,1H3,(H,10,11)(H,12,13)/t5?,6-/m0/s1. The minimum absolute atomic E-state index is 0.207. The fourth-order valence-corrected chi connectivity index (χ4v) is 1.28. The van der Waals surface area contributed by atoms with E-state index >= 15 is 0 Å². The molecule has 1 unspecified atom stereocenters. The maximum absolute atomic E-state index is 11.3. The lowest BCUT2D eigenvalue weighted by Crippen LogP contribution is -2.46. The van der Waals surface area contributed by atoms with Crippen LogP contribution in [-0.2, 0) is 9.59 Å². The van der Waals surface area contributed by atoms with E-state index in [-0.39, 0.29) is 11.9 Å². The lowest BCUT2D eigenvalue weighted by Gasteiger charge is -2.13. The van der Waals surface area contributed by atoms with Crippen LogP contribution in [0.1, 0.15) is 19.8 Å². The van der Waals surface area contributed by atoms with Crippen molar-refractivity contribution >= 4 is 11.9 Å². The summed E-state index contributed by atoms with van der Waals surface area (Å²) in [5.41, 5.74) is 0. The summed E-state index contributed by atoms with van der Waals surface area (Å²) in [6, 6.07) is -1.02. The third kappa shape index (κ3) is 2.69. The van der Waals surface area contributed by atoms with Gasteiger partial charge in [-0.15, -0.1) is 0 Å². The average Bonchev–Trinajstić information content (AvgIpc) is 2.55. The molecule has 1 aliphatic rings. The molecule has 1 saturated heterocycles. The second kappa shape index (κ2) is 4.23. The summed E-state index contributed by atoms with van der Waals surface area (Å²) in [5, 5.41) is 14.0. The van der Waals surface area contributed by atoms with Crippen molar-refractivity contribution < 1.29 is 14.7 Å². The van der Waals surface area contributed by atoms with Crippen LogP contribution in [0.25, 0.3) is 0 Å². The molecular weight excluding hydrogens is 172 g/mol. The highest BCUT2D eigenvalue weighted by Crippen LogP contribution is 2.04. The maximum atomic E-state index is 11.3. The molecule has 1 fully saturated rings. The van der Waals surface area contributed by atoms with Gasteiger partial charge in [-0.25, -0.2) is 0 Å². The smallest absolute Gasteiger partial charge is 0.325 e. The van der Waals surface area contributed by atoms with Gasteiger partial charge in [0.25, 0.3) is 0 Å². The molecule has 0 aromatic heterocycles. The number of carboxylic acid groups (broad SMARTS) is 1. The van der Waals surface area contributed by atoms with Crippen LogP contribution in [0.5, 0.6) is 0 Å². The Balaban J connectivity index is 2.35. The van der Waals surface area contributed by atoms with E-state index in [2.05, 4.69) is 10.6 Å². The van der Waals surface area contributed by atoms with E-state index in [4.69, 9.17) is 5.11 Å². The molecule has 1 aliphatic heterocycles. The normalized spacial score (nSPS) is 23.9. The van der Waals surface area contributed by atoms with E-state index in [1.54, 1.807) is 0 Å². The molecule has 0 aliphatic carbocycles. The van der Waals surface area contributed by atoms with E-state index in [1.807, 2.05) is 0 Å². The van der Waals surface area contributed by atoms with Crippen molar-refractivity contribution in [3.63, 3.8) is 0 Å². The SMILES string of the molecule is CC(NC(=O)[C@@H]1CCCN1)C(=O)O. The van der Waals surface area contributed by atoms with Crippen LogP contribution >= 0.6 is 0 Å². The monoisotopic (exact) mass is 186 g/mol. The zero-order valence-corrected chi connectivity index (χ0v) is 7.54. The predicted octanol–water partition coefficient (Wildman–Crippen LogP) is -0.672. The first-order valence-electron chi connectivity index (χ1n) is 4.38. The third-order valence-corrected chi connectivity index (χ3v) is 2.11. The van der Waals surface area contributed by atoms with Gasteiger partial charge in [0.1, 0.15) is 6.04 Å². The highest BCUT2D eigenvalue weighted by molar-refractivity contribution is 5.86. The van der Waals surface area contributed by atoms with Gasteiger partial charge in [-0.3, -0.25) is 9.59 Å². The molecule has 2 atom stereocenters. The average molecular weight is 186 g/mol. The van der Waals surface area contributed by atoms with E-state index in [9.17, 15) is 9.59 Å². The summed E-state index contributed by atoms with van der Waals surface area (Å²) in [4.78, 5) is 21.7. The first-order valence-corrected chi connectivity index (χ1v) is 4.38. The van der Waals surface area contributed by atoms with Crippen molar-refractivity contribution in [1.82, 2.24) is 10.6 Å². The van der Waals surface area contributed by atoms with Crippen molar-refractivity contribution in [2.75, 3.05) is 6.54 Å². The number of carboxylic acids is 1. The summed E-state index contributed by atoms with van der Waals surface area (Å²) in [6.07, 6.45) is 1.76. The Labute approximate surface area is 76.5 Å². The summed E-state index contributed by atoms with van der Waals surface area (Å²) < 4.78 is 0. The molecular formula is C8H14N2O3. The molecule has 0 aromatic rings. The summed E-state index contributed by atoms with van der Waals surface area (Å²) >= 11 is 0. The number of carbonyl (C=O) groups is 2. The second-order valence-electron chi connectivity index (χ2n) is 3.22. The van der Waals surface area contributed by atoms with Crippen molar-refractivity contribution in [3.8, 4) is 0 Å². The lowest BCUT2D eigenvalue weighted by atomic mass is 10.2. The lowest BCUT2D eigenvalue weighted by molar-refractivity contribution is -0.141. The second-order valence-corrected chi connectivity index (χ2v) is 3.22. The zero-order chi connectivity index (χ0) is 9.84. The van der Waals surface area contributed by atoms with E-state index in [0.29, 0.717) is 0 Å². The molecule has 5 nitrogen and oxygen atoms in total. The van der Waals surface area contributed by atoms with E-state index < -0.39 is 12.0 Å². The molecule has 0 saturated carbocycles. The maximum Gasteiger partial charge on any atom is 0.325 e. The minimum Gasteiger partial charge on any atom is -0.480 e. The molecule has 1 heterocycles. The zero-order valence-electron chi connectivity index (χ0n) is 7.54. The number of amides is 1. The summed E-state index contributed by atoms with van der Waals surface area (Å²) in [6.45, 7) is 2.29. The first kappa shape index (κ1) is 9.98. The Morgan fingerprint density at radius 1 is 1.62 bits per heavy atom. The highest BCUT2D eigenvalue weighted by Gasteiger charge is 2.24. The van der Waals surface area contributed by atoms with Crippen molar-refractivity contribution in [2.45, 2.75) is 31.8 Å². The molecule has 13 heavy (non-hydrogen) atoms. The Morgan fingerprint density at radius 3 is 2.77 bits per heavy atom. The number of hydrogen-bond acceptors (Lipinski definition) is 3. The van der Waals surface area contributed by atoms with E-state index in [0.717, 1.165) is 19.4 Å². The van der Waals surface area contributed by atoms with Crippen LogP contribution in [0.15, 0.2) is 0 Å². The van der Waals surface area contributed by atoms with Gasteiger partial charge in [-0.05, 0) is 26.3 Å². The van der Waals surface area contributed by atoms with Gasteiger partial charge in [-0.2, -0.15) is 0 Å². The van der Waals surface area contributed by atoms with Gasteiger partial charge < -0.3 is 15.7 Å². The van der Waals surface area contributed by atoms with Gasteiger partial charge in [0, 0.05) is 0 Å². The number of carbonyl (C=O) groups excluding carboxylic acids is 1. The number of rotatable bonds is 3. The van der Waals surface area contributed by atoms with Crippen LogP contribution in [-0.4, -0.2) is 35.6 Å². The molecule has 0 aromatic carbocycles. The summed E-state index contributed by atoms with van der Waals surface area (Å²) in [5.74, 6) is -1.22. The van der Waals surface area contributed by atoms with Crippen LogP contribution in [0.4, 0.5) is 0 Å². The van der Waals surface area contributed by atoms with Crippen molar-refractivity contribution in [1.29, 1.82) is 0 Å². The van der Waals surface area contributed by atoms with Crippen LogP contribution in [0.2, 0.25) is 0 Å². The Hall–Kier alpha value is -1.10. The third-order valence-electron chi connectivity index (χ3n) is 2.11. The molecule has 1 amide bonds. The fourth-order valence-electron chi connectivity index (χ4n) is 1.28. The Morgan fingerprint density at radius 2 is 2.31 bits per heavy atom. The van der Waals surface area contributed by atoms with Gasteiger partial charge in [-0.1, -0.05) is 0 Å². The molecule has 1 rings (SSSR count). The first-order chi connectivity index (χ1) is 6.11. The van der Waals surface area contributed by atoms with Gasteiger partial charge in [0.2, 0.25) is 5.91 Å². The molecule has 3 N–H and O–H groups in total. The van der Waals surface area contributed by atoms with Gasteiger partial charge in [0.15, 0.2) is 0 Å². The number of nitrogens with one attached hydrogen (secondary N) is 2. The molecule has 0 bridgehead atoms. The largest absolute Gasteiger partial charge is 0.480 e. The predicted molar refractivity (Wildman–Crippen MR) is 46.3 cm³/mol. The molecule has 74 valence electrons. The minimum atomic E-state index is -1.01. The fraction of sp³-hybridized carbons (Fsp3) is 0.750. The number of aliphatic carboxylic acids is 1. The molecule has 5 heteroatoms. The summed E-state index contributed by atoms with van der Waals surface area (Å²) in [7, 11) is 0. The van der Waals surface area contributed by atoms with Gasteiger partial charge in [0.05, 0.1) is 6.04 Å². The van der Waals surface area contributed by atoms with Crippen molar-refractivity contribution in [2.24, 2.45) is 0 Å². The highest BCUT2D eigenvalue weighted by atomic mass is 16.4. The quantitative estimate of drug-likeness (QED) is 0.546. The Bertz CT molecular complexity index is 211.